The Hall–Kier alpha value is -3.37. The highest BCUT2D eigenvalue weighted by atomic mass is 19.1. The SMILES string of the molecule is COc1ccc2ncc(CO)c(C(F)CCC3(CC(=O)O)CCN(CCNc4cc(F)cc(F)c4)CC3)c2c1. The molecule has 0 aliphatic carbocycles. The molecule has 0 saturated carbocycles. The van der Waals surface area contributed by atoms with Crippen LogP contribution in [0.2, 0.25) is 0 Å². The van der Waals surface area contributed by atoms with E-state index in [1.807, 2.05) is 0 Å². The summed E-state index contributed by atoms with van der Waals surface area (Å²) in [5.41, 5.74) is 1.17. The molecule has 3 aromatic rings. The Morgan fingerprint density at radius 2 is 1.90 bits per heavy atom. The highest BCUT2D eigenvalue weighted by molar-refractivity contribution is 5.85. The number of ether oxygens (including phenoxy) is 1. The lowest BCUT2D eigenvalue weighted by atomic mass is 9.71. The fraction of sp³-hybridized carbons (Fsp3) is 0.448. The number of hydrogen-bond acceptors (Lipinski definition) is 6. The number of alkyl halides is 1. The number of pyridine rings is 1. The number of methoxy groups -OCH3 is 1. The molecule has 1 saturated heterocycles. The van der Waals surface area contributed by atoms with E-state index in [1.54, 1.807) is 18.2 Å². The number of nitrogens with one attached hydrogen (secondary N) is 1. The number of carbonyl (C=O) groups is 1. The minimum absolute atomic E-state index is 0.0495. The van der Waals surface area contributed by atoms with Gasteiger partial charge >= 0.3 is 5.97 Å². The number of aliphatic hydroxyl groups is 1. The molecule has 2 heterocycles. The molecule has 1 aliphatic rings. The molecule has 1 aliphatic heterocycles. The largest absolute Gasteiger partial charge is 0.497 e. The number of aliphatic hydroxyl groups excluding tert-OH is 1. The van der Waals surface area contributed by atoms with Crippen LogP contribution in [-0.4, -0.2) is 59.4 Å². The van der Waals surface area contributed by atoms with Gasteiger partial charge in [0.05, 0.1) is 25.7 Å². The van der Waals surface area contributed by atoms with Gasteiger partial charge in [-0.3, -0.25) is 9.78 Å². The zero-order chi connectivity index (χ0) is 28.0. The smallest absolute Gasteiger partial charge is 0.303 e. The molecule has 3 N–H and O–H groups in total. The van der Waals surface area contributed by atoms with E-state index in [4.69, 9.17) is 4.74 Å². The van der Waals surface area contributed by atoms with E-state index in [0.717, 1.165) is 6.07 Å². The molecule has 39 heavy (non-hydrogen) atoms. The van der Waals surface area contributed by atoms with Crippen molar-refractivity contribution in [2.24, 2.45) is 5.41 Å². The first-order valence-electron chi connectivity index (χ1n) is 13.1. The van der Waals surface area contributed by atoms with Crippen LogP contribution in [0.25, 0.3) is 10.9 Å². The van der Waals surface area contributed by atoms with Crippen molar-refractivity contribution in [1.82, 2.24) is 9.88 Å². The molecule has 4 rings (SSSR count). The molecular weight excluding hydrogens is 511 g/mol. The molecule has 2 aromatic carbocycles. The van der Waals surface area contributed by atoms with Crippen molar-refractivity contribution in [2.75, 3.05) is 38.6 Å². The standard InChI is InChI=1S/C29H34F3N3O4/c1-39-23-2-3-26-24(15-23)28(19(18-36)17-34-26)25(32)4-5-29(16-27(37)38)6-9-35(10-7-29)11-8-33-22-13-20(30)12-21(31)14-22/h2-3,12-15,17,25,33,36H,4-11,16,18H2,1H3,(H,37,38). The van der Waals surface area contributed by atoms with Gasteiger partial charge in [-0.25, -0.2) is 13.2 Å². The van der Waals surface area contributed by atoms with Gasteiger partial charge in [-0.1, -0.05) is 0 Å². The van der Waals surface area contributed by atoms with Gasteiger partial charge in [0.1, 0.15) is 23.6 Å². The maximum atomic E-state index is 15.9. The Bertz CT molecular complexity index is 1270. The van der Waals surface area contributed by atoms with Crippen LogP contribution in [0.15, 0.2) is 42.6 Å². The van der Waals surface area contributed by atoms with Crippen LogP contribution in [0, 0.1) is 17.0 Å². The van der Waals surface area contributed by atoms with Gasteiger partial charge in [0.15, 0.2) is 0 Å². The highest BCUT2D eigenvalue weighted by Gasteiger charge is 2.37. The predicted molar refractivity (Wildman–Crippen MR) is 143 cm³/mol. The third-order valence-electron chi connectivity index (χ3n) is 7.67. The van der Waals surface area contributed by atoms with Crippen molar-refractivity contribution in [1.29, 1.82) is 0 Å². The minimum Gasteiger partial charge on any atom is -0.497 e. The first-order chi connectivity index (χ1) is 18.7. The van der Waals surface area contributed by atoms with Crippen LogP contribution >= 0.6 is 0 Å². The lowest BCUT2D eigenvalue weighted by Gasteiger charge is -2.41. The molecule has 1 atom stereocenters. The van der Waals surface area contributed by atoms with Crippen molar-refractivity contribution in [2.45, 2.75) is 44.9 Å². The summed E-state index contributed by atoms with van der Waals surface area (Å²) >= 11 is 0. The number of aromatic nitrogens is 1. The van der Waals surface area contributed by atoms with Crippen LogP contribution in [-0.2, 0) is 11.4 Å². The third-order valence-corrected chi connectivity index (χ3v) is 7.67. The van der Waals surface area contributed by atoms with Crippen LogP contribution in [0.3, 0.4) is 0 Å². The molecule has 210 valence electrons. The van der Waals surface area contributed by atoms with E-state index >= 15 is 4.39 Å². The molecule has 0 bridgehead atoms. The number of carboxylic acid groups (broad SMARTS) is 1. The molecule has 1 fully saturated rings. The molecule has 0 radical (unpaired) electrons. The van der Waals surface area contributed by atoms with Gasteiger partial charge < -0.3 is 25.2 Å². The maximum Gasteiger partial charge on any atom is 0.303 e. The van der Waals surface area contributed by atoms with Gasteiger partial charge in [0.2, 0.25) is 0 Å². The topological polar surface area (TPSA) is 94.9 Å². The number of benzene rings is 2. The Morgan fingerprint density at radius 3 is 2.54 bits per heavy atom. The van der Waals surface area contributed by atoms with Crippen molar-refractivity contribution in [3.8, 4) is 5.75 Å². The second kappa shape index (κ2) is 12.7. The van der Waals surface area contributed by atoms with Crippen molar-refractivity contribution in [3.05, 3.63) is 65.4 Å². The average Bonchev–Trinajstić information content (AvgIpc) is 2.91. The lowest BCUT2D eigenvalue weighted by molar-refractivity contribution is -0.141. The molecule has 0 spiro atoms. The number of nitrogens with zero attached hydrogens (tertiary/aromatic N) is 2. The fourth-order valence-corrected chi connectivity index (χ4v) is 5.53. The summed E-state index contributed by atoms with van der Waals surface area (Å²) in [6, 6.07) is 8.47. The van der Waals surface area contributed by atoms with Crippen LogP contribution in [0.5, 0.6) is 5.75 Å². The lowest BCUT2D eigenvalue weighted by Crippen LogP contribution is -2.43. The Balaban J connectivity index is 1.40. The molecule has 1 aromatic heterocycles. The predicted octanol–water partition coefficient (Wildman–Crippen LogP) is 5.47. The zero-order valence-electron chi connectivity index (χ0n) is 21.9. The summed E-state index contributed by atoms with van der Waals surface area (Å²) in [5.74, 6) is -1.65. The van der Waals surface area contributed by atoms with Crippen LogP contribution in [0.4, 0.5) is 18.9 Å². The minimum atomic E-state index is -1.41. The monoisotopic (exact) mass is 545 g/mol. The maximum absolute atomic E-state index is 15.9. The van der Waals surface area contributed by atoms with Crippen molar-refractivity contribution >= 4 is 22.6 Å². The summed E-state index contributed by atoms with van der Waals surface area (Å²) in [4.78, 5) is 18.3. The summed E-state index contributed by atoms with van der Waals surface area (Å²) in [6.45, 7) is 2.02. The van der Waals surface area contributed by atoms with Gasteiger partial charge in [0, 0.05) is 47.6 Å². The number of anilines is 1. The normalized spacial score (nSPS) is 16.2. The summed E-state index contributed by atoms with van der Waals surface area (Å²) in [6.07, 6.45) is 1.71. The second-order valence-corrected chi connectivity index (χ2v) is 10.2. The molecule has 7 nitrogen and oxygen atoms in total. The molecule has 1 unspecified atom stereocenters. The Morgan fingerprint density at radius 1 is 1.18 bits per heavy atom. The van der Waals surface area contributed by atoms with E-state index in [0.29, 0.717) is 78.9 Å². The van der Waals surface area contributed by atoms with E-state index in [9.17, 15) is 23.8 Å². The quantitative estimate of drug-likeness (QED) is 0.278. The fourth-order valence-electron chi connectivity index (χ4n) is 5.53. The van der Waals surface area contributed by atoms with Gasteiger partial charge in [-0.05, 0) is 74.5 Å². The number of hydrogen-bond donors (Lipinski definition) is 3. The summed E-state index contributed by atoms with van der Waals surface area (Å²) in [7, 11) is 1.52. The van der Waals surface area contributed by atoms with Crippen molar-refractivity contribution < 1.29 is 32.9 Å². The number of rotatable bonds is 12. The van der Waals surface area contributed by atoms with E-state index in [1.165, 1.54) is 25.4 Å². The summed E-state index contributed by atoms with van der Waals surface area (Å²) < 4.78 is 48.0. The van der Waals surface area contributed by atoms with E-state index < -0.39 is 29.2 Å². The molecule has 10 heteroatoms. The van der Waals surface area contributed by atoms with Crippen LogP contribution in [0.1, 0.15) is 49.4 Å². The summed E-state index contributed by atoms with van der Waals surface area (Å²) in [5, 5.41) is 23.1. The van der Waals surface area contributed by atoms with Gasteiger partial charge in [-0.15, -0.1) is 0 Å². The Labute approximate surface area is 225 Å². The highest BCUT2D eigenvalue weighted by Crippen LogP contribution is 2.43. The first-order valence-corrected chi connectivity index (χ1v) is 13.1. The van der Waals surface area contributed by atoms with E-state index in [2.05, 4.69) is 15.2 Å². The number of aliphatic carboxylic acids is 1. The molecular formula is C29H34F3N3O4. The number of fused-ring (bicyclic) bond motifs is 1. The van der Waals surface area contributed by atoms with Gasteiger partial charge in [-0.2, -0.15) is 0 Å². The number of likely N-dealkylation sites (tertiary alicyclic amines) is 1. The first kappa shape index (κ1) is 28.6. The van der Waals surface area contributed by atoms with E-state index in [-0.39, 0.29) is 19.4 Å². The third kappa shape index (κ3) is 7.19. The van der Waals surface area contributed by atoms with Crippen molar-refractivity contribution in [3.63, 3.8) is 0 Å². The molecule has 0 amide bonds. The second-order valence-electron chi connectivity index (χ2n) is 10.2. The number of carboxylic acids is 1. The van der Waals surface area contributed by atoms with Crippen LogP contribution < -0.4 is 10.1 Å². The number of piperidine rings is 1. The number of halogens is 3. The Kier molecular flexibility index (Phi) is 9.29. The average molecular weight is 546 g/mol. The van der Waals surface area contributed by atoms with Gasteiger partial charge in [0.25, 0.3) is 0 Å². The zero-order valence-corrected chi connectivity index (χ0v) is 21.9.